The van der Waals surface area contributed by atoms with Crippen molar-refractivity contribution in [2.45, 2.75) is 70.6 Å². The average molecular weight is 229 g/mol. The summed E-state index contributed by atoms with van der Waals surface area (Å²) in [4.78, 5) is 0. The molecule has 1 rings (SSSR count). The van der Waals surface area contributed by atoms with Gasteiger partial charge < -0.3 is 15.5 Å². The smallest absolute Gasteiger partial charge is 0.0693 e. The third kappa shape index (κ3) is 4.40. The van der Waals surface area contributed by atoms with Crippen LogP contribution in [0.25, 0.3) is 0 Å². The summed E-state index contributed by atoms with van der Waals surface area (Å²) in [5.74, 6) is 0.502. The fourth-order valence-corrected chi connectivity index (χ4v) is 2.51. The van der Waals surface area contributed by atoms with E-state index in [1.54, 1.807) is 0 Å². The number of aliphatic hydroxyl groups excluding tert-OH is 2. The standard InChI is InChI=1S/C13H27NO2/c1-10(2)11(8-9-15)14-12-6-4-3-5-7-13(12)16/h10-16H,3-9H2,1-2H3. The summed E-state index contributed by atoms with van der Waals surface area (Å²) in [5, 5.41) is 22.6. The highest BCUT2D eigenvalue weighted by Crippen LogP contribution is 2.20. The van der Waals surface area contributed by atoms with E-state index < -0.39 is 0 Å². The normalized spacial score (nSPS) is 29.1. The van der Waals surface area contributed by atoms with Crippen LogP contribution >= 0.6 is 0 Å². The lowest BCUT2D eigenvalue weighted by Crippen LogP contribution is -2.47. The van der Waals surface area contributed by atoms with Gasteiger partial charge in [-0.1, -0.05) is 33.1 Å². The molecule has 0 bridgehead atoms. The van der Waals surface area contributed by atoms with Gasteiger partial charge in [-0.15, -0.1) is 0 Å². The van der Waals surface area contributed by atoms with Gasteiger partial charge in [-0.3, -0.25) is 0 Å². The Kier molecular flexibility index (Phi) is 6.32. The van der Waals surface area contributed by atoms with Gasteiger partial charge in [-0.2, -0.15) is 0 Å². The molecule has 16 heavy (non-hydrogen) atoms. The molecule has 1 aliphatic carbocycles. The Labute approximate surface area is 99.3 Å². The Balaban J connectivity index is 2.47. The Morgan fingerprint density at radius 1 is 1.19 bits per heavy atom. The Morgan fingerprint density at radius 2 is 1.88 bits per heavy atom. The second-order valence-electron chi connectivity index (χ2n) is 5.34. The van der Waals surface area contributed by atoms with Crippen LogP contribution in [0.2, 0.25) is 0 Å². The highest BCUT2D eigenvalue weighted by Gasteiger charge is 2.25. The summed E-state index contributed by atoms with van der Waals surface area (Å²) in [6, 6.07) is 0.546. The van der Waals surface area contributed by atoms with Gasteiger partial charge in [0, 0.05) is 18.7 Å². The summed E-state index contributed by atoms with van der Waals surface area (Å²) < 4.78 is 0. The second kappa shape index (κ2) is 7.25. The molecule has 0 saturated heterocycles. The Morgan fingerprint density at radius 3 is 2.50 bits per heavy atom. The molecule has 96 valence electrons. The van der Waals surface area contributed by atoms with Crippen molar-refractivity contribution in [2.75, 3.05) is 6.61 Å². The van der Waals surface area contributed by atoms with Crippen molar-refractivity contribution in [3.05, 3.63) is 0 Å². The van der Waals surface area contributed by atoms with Crippen LogP contribution in [0.1, 0.15) is 52.4 Å². The van der Waals surface area contributed by atoms with Crippen molar-refractivity contribution in [2.24, 2.45) is 5.92 Å². The molecule has 0 spiro atoms. The largest absolute Gasteiger partial charge is 0.396 e. The molecule has 1 aliphatic rings. The van der Waals surface area contributed by atoms with Crippen LogP contribution < -0.4 is 5.32 Å². The van der Waals surface area contributed by atoms with Crippen LogP contribution in [-0.4, -0.2) is 35.0 Å². The molecule has 1 saturated carbocycles. The van der Waals surface area contributed by atoms with Crippen LogP contribution in [0.4, 0.5) is 0 Å². The van der Waals surface area contributed by atoms with Crippen molar-refractivity contribution in [3.63, 3.8) is 0 Å². The number of aliphatic hydroxyl groups is 2. The van der Waals surface area contributed by atoms with Gasteiger partial charge in [0.05, 0.1) is 6.10 Å². The number of hydrogen-bond donors (Lipinski definition) is 3. The molecule has 3 atom stereocenters. The molecule has 3 unspecified atom stereocenters. The highest BCUT2D eigenvalue weighted by molar-refractivity contribution is 4.83. The topological polar surface area (TPSA) is 52.5 Å². The molecule has 0 aromatic heterocycles. The molecule has 0 aromatic rings. The van der Waals surface area contributed by atoms with Crippen LogP contribution in [0.5, 0.6) is 0 Å². The summed E-state index contributed by atoms with van der Waals surface area (Å²) in [6.45, 7) is 4.55. The maximum atomic E-state index is 10.0. The maximum absolute atomic E-state index is 10.0. The quantitative estimate of drug-likeness (QED) is 0.629. The first-order chi connectivity index (χ1) is 7.65. The molecule has 1 fully saturated rings. The van der Waals surface area contributed by atoms with Gasteiger partial charge in [0.2, 0.25) is 0 Å². The number of rotatable bonds is 5. The van der Waals surface area contributed by atoms with Crippen LogP contribution in [0, 0.1) is 5.92 Å². The molecule has 3 N–H and O–H groups in total. The minimum absolute atomic E-state index is 0.206. The fourth-order valence-electron chi connectivity index (χ4n) is 2.51. The second-order valence-corrected chi connectivity index (χ2v) is 5.34. The Hall–Kier alpha value is -0.120. The number of nitrogens with one attached hydrogen (secondary N) is 1. The van der Waals surface area contributed by atoms with E-state index in [-0.39, 0.29) is 18.8 Å². The first kappa shape index (κ1) is 13.9. The minimum atomic E-state index is -0.206. The van der Waals surface area contributed by atoms with E-state index in [1.807, 2.05) is 0 Å². The van der Waals surface area contributed by atoms with Gasteiger partial charge in [-0.25, -0.2) is 0 Å². The first-order valence-corrected chi connectivity index (χ1v) is 6.70. The zero-order chi connectivity index (χ0) is 12.0. The van der Waals surface area contributed by atoms with Crippen molar-refractivity contribution in [1.29, 1.82) is 0 Å². The molecule has 0 aliphatic heterocycles. The van der Waals surface area contributed by atoms with Gasteiger partial charge in [0.25, 0.3) is 0 Å². The van der Waals surface area contributed by atoms with Crippen LogP contribution in [-0.2, 0) is 0 Å². The zero-order valence-corrected chi connectivity index (χ0v) is 10.7. The highest BCUT2D eigenvalue weighted by atomic mass is 16.3. The van der Waals surface area contributed by atoms with Gasteiger partial charge in [0.15, 0.2) is 0 Å². The zero-order valence-electron chi connectivity index (χ0n) is 10.7. The number of hydrogen-bond acceptors (Lipinski definition) is 3. The third-order valence-electron chi connectivity index (χ3n) is 3.65. The van der Waals surface area contributed by atoms with E-state index in [0.29, 0.717) is 12.0 Å². The van der Waals surface area contributed by atoms with Gasteiger partial charge in [-0.05, 0) is 25.2 Å². The molecule has 0 amide bonds. The van der Waals surface area contributed by atoms with Crippen LogP contribution in [0.3, 0.4) is 0 Å². The van der Waals surface area contributed by atoms with E-state index in [2.05, 4.69) is 19.2 Å². The first-order valence-electron chi connectivity index (χ1n) is 6.70. The molecule has 0 heterocycles. The van der Waals surface area contributed by atoms with E-state index in [1.165, 1.54) is 12.8 Å². The lowest BCUT2D eigenvalue weighted by Gasteiger charge is -2.30. The van der Waals surface area contributed by atoms with Crippen molar-refractivity contribution in [3.8, 4) is 0 Å². The molecule has 0 aromatic carbocycles. The lowest BCUT2D eigenvalue weighted by molar-refractivity contribution is 0.104. The van der Waals surface area contributed by atoms with Gasteiger partial charge in [0.1, 0.15) is 0 Å². The maximum Gasteiger partial charge on any atom is 0.0693 e. The summed E-state index contributed by atoms with van der Waals surface area (Å²) in [7, 11) is 0. The molecule has 3 nitrogen and oxygen atoms in total. The van der Waals surface area contributed by atoms with Crippen molar-refractivity contribution < 1.29 is 10.2 Å². The van der Waals surface area contributed by atoms with Crippen molar-refractivity contribution in [1.82, 2.24) is 5.32 Å². The summed E-state index contributed by atoms with van der Waals surface area (Å²) in [5.41, 5.74) is 0. The third-order valence-corrected chi connectivity index (χ3v) is 3.65. The van der Waals surface area contributed by atoms with E-state index in [4.69, 9.17) is 5.11 Å². The fraction of sp³-hybridized carbons (Fsp3) is 1.00. The average Bonchev–Trinajstić information content (AvgIpc) is 2.43. The predicted molar refractivity (Wildman–Crippen MR) is 66.3 cm³/mol. The summed E-state index contributed by atoms with van der Waals surface area (Å²) in [6.07, 6.45) is 6.15. The van der Waals surface area contributed by atoms with Crippen LogP contribution in [0.15, 0.2) is 0 Å². The lowest BCUT2D eigenvalue weighted by atomic mass is 9.97. The van der Waals surface area contributed by atoms with E-state index in [0.717, 1.165) is 25.7 Å². The minimum Gasteiger partial charge on any atom is -0.396 e. The van der Waals surface area contributed by atoms with E-state index in [9.17, 15) is 5.11 Å². The predicted octanol–water partition coefficient (Wildman–Crippen LogP) is 1.68. The SMILES string of the molecule is CC(C)C(CCO)NC1CCCCCC1O. The molecule has 0 radical (unpaired) electrons. The van der Waals surface area contributed by atoms with E-state index >= 15 is 0 Å². The molecular formula is C13H27NO2. The van der Waals surface area contributed by atoms with Crippen molar-refractivity contribution >= 4 is 0 Å². The summed E-state index contributed by atoms with van der Waals surface area (Å²) >= 11 is 0. The monoisotopic (exact) mass is 229 g/mol. The Bertz CT molecular complexity index is 185. The molecular weight excluding hydrogens is 202 g/mol. The van der Waals surface area contributed by atoms with Gasteiger partial charge >= 0.3 is 0 Å². The molecule has 3 heteroatoms.